The number of carbonyl (C=O) groups excluding carboxylic acids is 1. The van der Waals surface area contributed by atoms with Crippen molar-refractivity contribution < 1.29 is 4.79 Å². The van der Waals surface area contributed by atoms with Crippen molar-refractivity contribution in [2.24, 2.45) is 0 Å². The minimum absolute atomic E-state index is 0.0945. The molecule has 0 radical (unpaired) electrons. The van der Waals surface area contributed by atoms with Crippen molar-refractivity contribution in [3.8, 4) is 0 Å². The number of amides is 1. The molecule has 1 aromatic heterocycles. The van der Waals surface area contributed by atoms with E-state index in [1.165, 1.54) is 6.08 Å². The van der Waals surface area contributed by atoms with Gasteiger partial charge in [0.25, 0.3) is 0 Å². The van der Waals surface area contributed by atoms with Crippen LogP contribution in [0.5, 0.6) is 0 Å². The van der Waals surface area contributed by atoms with E-state index in [9.17, 15) is 4.79 Å². The van der Waals surface area contributed by atoms with Gasteiger partial charge in [-0.3, -0.25) is 9.78 Å². The Morgan fingerprint density at radius 1 is 1.47 bits per heavy atom. The summed E-state index contributed by atoms with van der Waals surface area (Å²) in [4.78, 5) is 21.7. The van der Waals surface area contributed by atoms with Crippen molar-refractivity contribution >= 4 is 11.7 Å². The fraction of sp³-hybridized carbons (Fsp3) is 0.417. The van der Waals surface area contributed by atoms with Gasteiger partial charge in [0.2, 0.25) is 5.91 Å². The summed E-state index contributed by atoms with van der Waals surface area (Å²) < 4.78 is 0. The third-order valence-electron chi connectivity index (χ3n) is 2.90. The van der Waals surface area contributed by atoms with Crippen molar-refractivity contribution in [1.29, 1.82) is 0 Å². The molecule has 1 aliphatic rings. The van der Waals surface area contributed by atoms with E-state index in [2.05, 4.69) is 26.8 Å². The van der Waals surface area contributed by atoms with Crippen LogP contribution in [-0.4, -0.2) is 35.0 Å². The largest absolute Gasteiger partial charge is 0.355 e. The van der Waals surface area contributed by atoms with Crippen LogP contribution < -0.4 is 10.2 Å². The second-order valence-corrected chi connectivity index (χ2v) is 4.04. The highest BCUT2D eigenvalue weighted by molar-refractivity contribution is 5.87. The molecule has 0 unspecified atom stereocenters. The quantitative estimate of drug-likeness (QED) is 0.781. The zero-order chi connectivity index (χ0) is 12.1. The third-order valence-corrected chi connectivity index (χ3v) is 2.90. The second kappa shape index (κ2) is 5.43. The number of nitrogens with one attached hydrogen (secondary N) is 1. The van der Waals surface area contributed by atoms with Gasteiger partial charge >= 0.3 is 0 Å². The molecule has 0 spiro atoms. The zero-order valence-electron chi connectivity index (χ0n) is 9.67. The van der Waals surface area contributed by atoms with Crippen molar-refractivity contribution in [2.75, 3.05) is 18.0 Å². The maximum Gasteiger partial charge on any atom is 0.243 e. The number of carbonyl (C=O) groups is 1. The third kappa shape index (κ3) is 3.03. The molecule has 1 aliphatic heterocycles. The van der Waals surface area contributed by atoms with Crippen LogP contribution in [0.3, 0.4) is 0 Å². The molecular formula is C12H16N4O. The predicted octanol–water partition coefficient (Wildman–Crippen LogP) is 0.748. The lowest BCUT2D eigenvalue weighted by molar-refractivity contribution is -0.117. The molecule has 1 N–H and O–H groups in total. The molecule has 2 heterocycles. The number of hydrogen-bond donors (Lipinski definition) is 1. The lowest BCUT2D eigenvalue weighted by Gasteiger charge is -2.32. The molecule has 17 heavy (non-hydrogen) atoms. The molecular weight excluding hydrogens is 216 g/mol. The normalized spacial score (nSPS) is 16.6. The van der Waals surface area contributed by atoms with Gasteiger partial charge in [-0.05, 0) is 18.9 Å². The van der Waals surface area contributed by atoms with Crippen LogP contribution in [0.2, 0.25) is 0 Å². The topological polar surface area (TPSA) is 58.1 Å². The van der Waals surface area contributed by atoms with E-state index in [1.807, 2.05) is 0 Å². The Morgan fingerprint density at radius 3 is 2.82 bits per heavy atom. The van der Waals surface area contributed by atoms with Crippen LogP contribution in [0.25, 0.3) is 0 Å². The van der Waals surface area contributed by atoms with Gasteiger partial charge in [0.15, 0.2) is 0 Å². The molecule has 5 nitrogen and oxygen atoms in total. The first-order valence-corrected chi connectivity index (χ1v) is 5.73. The molecule has 2 rings (SSSR count). The number of hydrogen-bond acceptors (Lipinski definition) is 4. The van der Waals surface area contributed by atoms with E-state index < -0.39 is 0 Å². The molecule has 0 aromatic carbocycles. The van der Waals surface area contributed by atoms with E-state index in [1.54, 1.807) is 18.6 Å². The van der Waals surface area contributed by atoms with Gasteiger partial charge in [0, 0.05) is 31.5 Å². The first-order chi connectivity index (χ1) is 8.29. The Kier molecular flexibility index (Phi) is 3.69. The Morgan fingerprint density at radius 2 is 2.24 bits per heavy atom. The lowest BCUT2D eigenvalue weighted by Crippen LogP contribution is -2.44. The summed E-state index contributed by atoms with van der Waals surface area (Å²) in [5, 5.41) is 2.92. The van der Waals surface area contributed by atoms with E-state index in [0.717, 1.165) is 31.7 Å². The fourth-order valence-electron chi connectivity index (χ4n) is 1.97. The summed E-state index contributed by atoms with van der Waals surface area (Å²) in [6.07, 6.45) is 8.30. The Balaban J connectivity index is 1.86. The maximum atomic E-state index is 11.2. The number of anilines is 1. The molecule has 1 aromatic rings. The summed E-state index contributed by atoms with van der Waals surface area (Å²) in [5.41, 5.74) is 0. The molecule has 0 aliphatic carbocycles. The molecule has 0 atom stereocenters. The Labute approximate surface area is 101 Å². The summed E-state index contributed by atoms with van der Waals surface area (Å²) >= 11 is 0. The maximum absolute atomic E-state index is 11.2. The van der Waals surface area contributed by atoms with Gasteiger partial charge in [0.05, 0.1) is 6.20 Å². The van der Waals surface area contributed by atoms with Crippen LogP contribution in [0.1, 0.15) is 12.8 Å². The minimum atomic E-state index is -0.0945. The van der Waals surface area contributed by atoms with Gasteiger partial charge in [-0.1, -0.05) is 6.58 Å². The van der Waals surface area contributed by atoms with Crippen LogP contribution in [-0.2, 0) is 4.79 Å². The van der Waals surface area contributed by atoms with Gasteiger partial charge in [0.1, 0.15) is 5.82 Å². The van der Waals surface area contributed by atoms with Crippen molar-refractivity contribution in [1.82, 2.24) is 15.3 Å². The monoisotopic (exact) mass is 232 g/mol. The first kappa shape index (κ1) is 11.6. The van der Waals surface area contributed by atoms with Crippen LogP contribution in [0.4, 0.5) is 5.82 Å². The smallest absolute Gasteiger partial charge is 0.243 e. The van der Waals surface area contributed by atoms with Gasteiger partial charge in [-0.25, -0.2) is 4.98 Å². The van der Waals surface area contributed by atoms with Gasteiger partial charge in [-0.15, -0.1) is 0 Å². The van der Waals surface area contributed by atoms with Crippen LogP contribution in [0.15, 0.2) is 31.2 Å². The van der Waals surface area contributed by atoms with Crippen molar-refractivity contribution in [3.05, 3.63) is 31.2 Å². The average Bonchev–Trinajstić information content (AvgIpc) is 2.40. The van der Waals surface area contributed by atoms with E-state index in [4.69, 9.17) is 0 Å². The highest BCUT2D eigenvalue weighted by atomic mass is 16.1. The summed E-state index contributed by atoms with van der Waals surface area (Å²) in [7, 11) is 0. The molecule has 1 amide bonds. The zero-order valence-corrected chi connectivity index (χ0v) is 9.67. The van der Waals surface area contributed by atoms with E-state index in [0.29, 0.717) is 0 Å². The van der Waals surface area contributed by atoms with Gasteiger partial charge in [-0.2, -0.15) is 0 Å². The Bertz CT molecular complexity index is 385. The molecule has 0 bridgehead atoms. The molecule has 5 heteroatoms. The number of nitrogens with zero attached hydrogens (tertiary/aromatic N) is 3. The molecule has 0 saturated carbocycles. The average molecular weight is 232 g/mol. The highest BCUT2D eigenvalue weighted by Crippen LogP contribution is 2.16. The number of piperidine rings is 1. The van der Waals surface area contributed by atoms with Gasteiger partial charge < -0.3 is 10.2 Å². The number of rotatable bonds is 3. The van der Waals surface area contributed by atoms with Crippen LogP contribution in [0, 0.1) is 0 Å². The second-order valence-electron chi connectivity index (χ2n) is 4.04. The molecule has 1 fully saturated rings. The Hall–Kier alpha value is -1.91. The fourth-order valence-corrected chi connectivity index (χ4v) is 1.97. The van der Waals surface area contributed by atoms with Crippen molar-refractivity contribution in [2.45, 2.75) is 18.9 Å². The van der Waals surface area contributed by atoms with E-state index in [-0.39, 0.29) is 11.9 Å². The first-order valence-electron chi connectivity index (χ1n) is 5.73. The predicted molar refractivity (Wildman–Crippen MR) is 65.6 cm³/mol. The number of aromatic nitrogens is 2. The molecule has 1 saturated heterocycles. The van der Waals surface area contributed by atoms with E-state index >= 15 is 0 Å². The summed E-state index contributed by atoms with van der Waals surface area (Å²) in [5.74, 6) is 0.809. The van der Waals surface area contributed by atoms with Crippen molar-refractivity contribution in [3.63, 3.8) is 0 Å². The SMILES string of the molecule is C=CC(=O)NC1CCN(c2cnccn2)CC1. The standard InChI is InChI=1S/C12H16N4O/c1-2-12(17)15-10-3-7-16(8-4-10)11-9-13-5-6-14-11/h2,5-6,9-10H,1,3-4,7-8H2,(H,15,17). The summed E-state index contributed by atoms with van der Waals surface area (Å²) in [6.45, 7) is 5.23. The van der Waals surface area contributed by atoms with Crippen LogP contribution >= 0.6 is 0 Å². The minimum Gasteiger partial charge on any atom is -0.355 e. The summed E-state index contributed by atoms with van der Waals surface area (Å²) in [6, 6.07) is 0.244. The lowest BCUT2D eigenvalue weighted by atomic mass is 10.1. The molecule has 90 valence electrons. The highest BCUT2D eigenvalue weighted by Gasteiger charge is 2.20.